The van der Waals surface area contributed by atoms with Gasteiger partial charge < -0.3 is 9.84 Å². The number of hydrogen-bond donors (Lipinski definition) is 1. The monoisotopic (exact) mass is 348 g/mol. The van der Waals surface area contributed by atoms with Crippen molar-refractivity contribution in [2.45, 2.75) is 32.3 Å². The van der Waals surface area contributed by atoms with Crippen LogP contribution in [0.1, 0.15) is 23.1 Å². The molecule has 2 aromatic carbocycles. The van der Waals surface area contributed by atoms with Crippen molar-refractivity contribution in [2.24, 2.45) is 0 Å². The largest absolute Gasteiger partial charge is 0.496 e. The molecule has 2 aromatic rings. The van der Waals surface area contributed by atoms with Crippen molar-refractivity contribution >= 4 is 15.9 Å². The van der Waals surface area contributed by atoms with Crippen LogP contribution >= 0.6 is 15.9 Å². The first kappa shape index (κ1) is 16.1. The Bertz CT molecular complexity index is 596. The van der Waals surface area contributed by atoms with E-state index in [4.69, 9.17) is 4.74 Å². The highest BCUT2D eigenvalue weighted by Crippen LogP contribution is 2.25. The quantitative estimate of drug-likeness (QED) is 0.843. The molecule has 0 aromatic heterocycles. The van der Waals surface area contributed by atoms with E-state index < -0.39 is 0 Å². The van der Waals surface area contributed by atoms with Crippen LogP contribution in [0.25, 0.3) is 0 Å². The highest BCUT2D eigenvalue weighted by atomic mass is 79.9. The lowest BCUT2D eigenvalue weighted by atomic mass is 10.00. The second-order valence-corrected chi connectivity index (χ2v) is 6.26. The van der Waals surface area contributed by atoms with E-state index in [9.17, 15) is 5.11 Å². The van der Waals surface area contributed by atoms with Gasteiger partial charge in [-0.1, -0.05) is 45.8 Å². The topological polar surface area (TPSA) is 29.5 Å². The van der Waals surface area contributed by atoms with Gasteiger partial charge in [-0.3, -0.25) is 0 Å². The lowest BCUT2D eigenvalue weighted by Gasteiger charge is -2.14. The van der Waals surface area contributed by atoms with E-state index in [0.29, 0.717) is 6.42 Å². The van der Waals surface area contributed by atoms with Crippen LogP contribution in [0, 0.1) is 6.92 Å². The smallest absolute Gasteiger partial charge is 0.122 e. The van der Waals surface area contributed by atoms with Crippen LogP contribution in [0.3, 0.4) is 0 Å². The van der Waals surface area contributed by atoms with Gasteiger partial charge in [0, 0.05) is 10.9 Å². The Balaban J connectivity index is 1.95. The number of aryl methyl sites for hydroxylation is 2. The van der Waals surface area contributed by atoms with Crippen LogP contribution in [0.4, 0.5) is 0 Å². The minimum absolute atomic E-state index is 0.367. The van der Waals surface area contributed by atoms with Crippen LogP contribution in [0.5, 0.6) is 5.75 Å². The molecule has 0 amide bonds. The molecule has 112 valence electrons. The number of benzene rings is 2. The molecule has 21 heavy (non-hydrogen) atoms. The van der Waals surface area contributed by atoms with Gasteiger partial charge in [-0.15, -0.1) is 0 Å². The lowest BCUT2D eigenvalue weighted by Crippen LogP contribution is -2.12. The molecule has 0 aliphatic rings. The van der Waals surface area contributed by atoms with Gasteiger partial charge in [0.25, 0.3) is 0 Å². The Kier molecular flexibility index (Phi) is 5.83. The molecule has 0 saturated carbocycles. The summed E-state index contributed by atoms with van der Waals surface area (Å²) in [7, 11) is 1.66. The third-order valence-electron chi connectivity index (χ3n) is 3.55. The van der Waals surface area contributed by atoms with E-state index in [1.165, 1.54) is 11.1 Å². The van der Waals surface area contributed by atoms with Crippen molar-refractivity contribution in [2.75, 3.05) is 7.11 Å². The molecule has 0 bridgehead atoms. The molecule has 0 heterocycles. The molecule has 0 spiro atoms. The summed E-state index contributed by atoms with van der Waals surface area (Å²) in [6.07, 6.45) is 1.88. The fourth-order valence-corrected chi connectivity index (χ4v) is 2.87. The minimum atomic E-state index is -0.367. The molecule has 0 aliphatic heterocycles. The molecule has 0 saturated heterocycles. The van der Waals surface area contributed by atoms with Crippen molar-refractivity contribution < 1.29 is 9.84 Å². The third-order valence-corrected chi connectivity index (χ3v) is 4.04. The van der Waals surface area contributed by atoms with Gasteiger partial charge in [0.2, 0.25) is 0 Å². The highest BCUT2D eigenvalue weighted by Gasteiger charge is 2.11. The zero-order valence-corrected chi connectivity index (χ0v) is 14.1. The first-order valence-electron chi connectivity index (χ1n) is 7.14. The standard InChI is InChI=1S/C18H21BrO2/c1-13-4-3-5-14(10-13)6-8-17(20)12-15-11-16(19)7-9-18(15)21-2/h3-5,7,9-11,17,20H,6,8,12H2,1-2H3. The summed E-state index contributed by atoms with van der Waals surface area (Å²) < 4.78 is 6.35. The van der Waals surface area contributed by atoms with E-state index in [1.54, 1.807) is 7.11 Å². The summed E-state index contributed by atoms with van der Waals surface area (Å²) in [5.74, 6) is 0.827. The van der Waals surface area contributed by atoms with Crippen LogP contribution in [-0.4, -0.2) is 18.3 Å². The Hall–Kier alpha value is -1.32. The van der Waals surface area contributed by atoms with E-state index in [1.807, 2.05) is 18.2 Å². The third kappa shape index (κ3) is 4.87. The van der Waals surface area contributed by atoms with Crippen molar-refractivity contribution in [3.8, 4) is 5.75 Å². The fourth-order valence-electron chi connectivity index (χ4n) is 2.46. The zero-order valence-electron chi connectivity index (χ0n) is 12.5. The van der Waals surface area contributed by atoms with Gasteiger partial charge >= 0.3 is 0 Å². The molecule has 1 N–H and O–H groups in total. The molecule has 2 rings (SSSR count). The van der Waals surface area contributed by atoms with Crippen molar-refractivity contribution in [3.63, 3.8) is 0 Å². The Labute approximate surface area is 134 Å². The molecular formula is C18H21BrO2. The first-order chi connectivity index (χ1) is 10.1. The summed E-state index contributed by atoms with van der Waals surface area (Å²) in [6.45, 7) is 2.09. The van der Waals surface area contributed by atoms with E-state index in [0.717, 1.165) is 28.6 Å². The number of hydrogen-bond acceptors (Lipinski definition) is 2. The van der Waals surface area contributed by atoms with E-state index >= 15 is 0 Å². The van der Waals surface area contributed by atoms with Gasteiger partial charge in [0.15, 0.2) is 0 Å². The maximum absolute atomic E-state index is 10.3. The average molecular weight is 349 g/mol. The van der Waals surface area contributed by atoms with E-state index in [2.05, 4.69) is 47.1 Å². The van der Waals surface area contributed by atoms with Gasteiger partial charge in [0.05, 0.1) is 13.2 Å². The number of methoxy groups -OCH3 is 1. The molecule has 0 fully saturated rings. The number of aliphatic hydroxyl groups is 1. The van der Waals surface area contributed by atoms with Crippen molar-refractivity contribution in [3.05, 3.63) is 63.6 Å². The maximum Gasteiger partial charge on any atom is 0.122 e. The Morgan fingerprint density at radius 3 is 2.71 bits per heavy atom. The molecular weight excluding hydrogens is 328 g/mol. The van der Waals surface area contributed by atoms with Crippen molar-refractivity contribution in [1.82, 2.24) is 0 Å². The van der Waals surface area contributed by atoms with Gasteiger partial charge in [-0.05, 0) is 49.1 Å². The molecule has 1 atom stereocenters. The van der Waals surface area contributed by atoms with E-state index in [-0.39, 0.29) is 6.10 Å². The summed E-state index contributed by atoms with van der Waals surface area (Å²) in [4.78, 5) is 0. The highest BCUT2D eigenvalue weighted by molar-refractivity contribution is 9.10. The first-order valence-corrected chi connectivity index (χ1v) is 7.94. The summed E-state index contributed by atoms with van der Waals surface area (Å²) >= 11 is 3.46. The summed E-state index contributed by atoms with van der Waals surface area (Å²) in [6, 6.07) is 14.3. The van der Waals surface area contributed by atoms with Crippen LogP contribution in [0.15, 0.2) is 46.9 Å². The van der Waals surface area contributed by atoms with Crippen LogP contribution in [0.2, 0.25) is 0 Å². The van der Waals surface area contributed by atoms with Crippen molar-refractivity contribution in [1.29, 1.82) is 0 Å². The molecule has 2 nitrogen and oxygen atoms in total. The zero-order chi connectivity index (χ0) is 15.2. The average Bonchev–Trinajstić information content (AvgIpc) is 2.45. The lowest BCUT2D eigenvalue weighted by molar-refractivity contribution is 0.164. The molecule has 0 aliphatic carbocycles. The predicted octanol–water partition coefficient (Wildman–Crippen LogP) is 4.30. The normalized spacial score (nSPS) is 12.2. The second kappa shape index (κ2) is 7.62. The summed E-state index contributed by atoms with van der Waals surface area (Å²) in [5.41, 5.74) is 3.56. The number of rotatable bonds is 6. The minimum Gasteiger partial charge on any atom is -0.496 e. The Morgan fingerprint density at radius 1 is 1.19 bits per heavy atom. The Morgan fingerprint density at radius 2 is 2.00 bits per heavy atom. The number of ether oxygens (including phenoxy) is 1. The fraction of sp³-hybridized carbons (Fsp3) is 0.333. The van der Waals surface area contributed by atoms with Gasteiger partial charge in [0.1, 0.15) is 5.75 Å². The van der Waals surface area contributed by atoms with Gasteiger partial charge in [-0.2, -0.15) is 0 Å². The SMILES string of the molecule is COc1ccc(Br)cc1CC(O)CCc1cccc(C)c1. The molecule has 0 radical (unpaired) electrons. The second-order valence-electron chi connectivity index (χ2n) is 5.34. The van der Waals surface area contributed by atoms with Crippen LogP contribution < -0.4 is 4.74 Å². The molecule has 3 heteroatoms. The van der Waals surface area contributed by atoms with Crippen LogP contribution in [-0.2, 0) is 12.8 Å². The number of aliphatic hydroxyl groups excluding tert-OH is 1. The number of halogens is 1. The predicted molar refractivity (Wildman–Crippen MR) is 89.9 cm³/mol. The molecule has 1 unspecified atom stereocenters. The summed E-state index contributed by atoms with van der Waals surface area (Å²) in [5, 5.41) is 10.3. The van der Waals surface area contributed by atoms with Gasteiger partial charge in [-0.25, -0.2) is 0 Å². The maximum atomic E-state index is 10.3.